The number of urea groups is 1. The van der Waals surface area contributed by atoms with Crippen LogP contribution in [0.5, 0.6) is 5.75 Å². The first-order valence-electron chi connectivity index (χ1n) is 7.77. The van der Waals surface area contributed by atoms with Crippen molar-refractivity contribution in [2.24, 2.45) is 5.10 Å². The molecule has 0 aliphatic rings. The Bertz CT molecular complexity index is 825. The number of nitrogens with one attached hydrogen (secondary N) is 1. The quantitative estimate of drug-likeness (QED) is 0.554. The van der Waals surface area contributed by atoms with E-state index in [1.54, 1.807) is 24.3 Å². The molecule has 0 aromatic heterocycles. The van der Waals surface area contributed by atoms with Gasteiger partial charge < -0.3 is 5.11 Å². The summed E-state index contributed by atoms with van der Waals surface area (Å²) in [7, 11) is 0. The zero-order chi connectivity index (χ0) is 17.5. The van der Waals surface area contributed by atoms with Crippen LogP contribution in [-0.4, -0.2) is 17.4 Å². The van der Waals surface area contributed by atoms with E-state index in [4.69, 9.17) is 0 Å². The van der Waals surface area contributed by atoms with Crippen molar-refractivity contribution < 1.29 is 9.90 Å². The molecular formula is C20H17N3O2. The summed E-state index contributed by atoms with van der Waals surface area (Å²) in [5.41, 5.74) is 4.47. The summed E-state index contributed by atoms with van der Waals surface area (Å²) < 4.78 is 0. The fourth-order valence-electron chi connectivity index (χ4n) is 2.34. The lowest BCUT2D eigenvalue weighted by Gasteiger charge is -2.22. The van der Waals surface area contributed by atoms with E-state index in [0.29, 0.717) is 5.56 Å². The predicted molar refractivity (Wildman–Crippen MR) is 99.3 cm³/mol. The van der Waals surface area contributed by atoms with Crippen molar-refractivity contribution in [3.05, 3.63) is 90.5 Å². The number of nitrogens with zero attached hydrogens (tertiary/aromatic N) is 2. The minimum absolute atomic E-state index is 0.100. The maximum absolute atomic E-state index is 12.7. The van der Waals surface area contributed by atoms with Gasteiger partial charge in [-0.2, -0.15) is 5.10 Å². The number of carbonyl (C=O) groups excluding carboxylic acids is 1. The molecule has 3 aromatic carbocycles. The molecule has 5 nitrogen and oxygen atoms in total. The summed E-state index contributed by atoms with van der Waals surface area (Å²) in [4.78, 5) is 14.2. The van der Waals surface area contributed by atoms with Gasteiger partial charge in [-0.1, -0.05) is 48.5 Å². The van der Waals surface area contributed by atoms with Crippen LogP contribution in [0.3, 0.4) is 0 Å². The summed E-state index contributed by atoms with van der Waals surface area (Å²) in [6, 6.07) is 25.0. The van der Waals surface area contributed by atoms with Crippen LogP contribution < -0.4 is 10.3 Å². The summed E-state index contributed by atoms with van der Waals surface area (Å²) in [5.74, 6) is 0.100. The van der Waals surface area contributed by atoms with Crippen molar-refractivity contribution in [3.8, 4) is 5.75 Å². The minimum Gasteiger partial charge on any atom is -0.507 e. The lowest BCUT2D eigenvalue weighted by molar-refractivity contribution is 0.249. The van der Waals surface area contributed by atoms with Crippen molar-refractivity contribution in [2.75, 3.05) is 4.90 Å². The third-order valence-electron chi connectivity index (χ3n) is 3.53. The van der Waals surface area contributed by atoms with Crippen LogP contribution in [0.2, 0.25) is 0 Å². The third-order valence-corrected chi connectivity index (χ3v) is 3.53. The summed E-state index contributed by atoms with van der Waals surface area (Å²) >= 11 is 0. The summed E-state index contributed by atoms with van der Waals surface area (Å²) in [6.45, 7) is 0. The standard InChI is InChI=1S/C20H17N3O2/c24-19-14-8-7-9-16(19)15-21-22-20(25)23(17-10-3-1-4-11-17)18-12-5-2-6-13-18/h1-15,24H,(H,22,25)/b21-15+. The number of rotatable bonds is 4. The molecule has 5 heteroatoms. The Morgan fingerprint density at radius 2 is 1.36 bits per heavy atom. The van der Waals surface area contributed by atoms with E-state index in [1.807, 2.05) is 60.7 Å². The molecular weight excluding hydrogens is 314 g/mol. The molecule has 2 amide bonds. The fourth-order valence-corrected chi connectivity index (χ4v) is 2.34. The highest BCUT2D eigenvalue weighted by molar-refractivity contribution is 5.99. The molecule has 2 N–H and O–H groups in total. The zero-order valence-corrected chi connectivity index (χ0v) is 13.4. The minimum atomic E-state index is -0.399. The van der Waals surface area contributed by atoms with Gasteiger partial charge in [-0.15, -0.1) is 0 Å². The number of phenolic OH excluding ortho intramolecular Hbond substituents is 1. The number of benzene rings is 3. The summed E-state index contributed by atoms with van der Waals surface area (Å²) in [6.07, 6.45) is 1.40. The number of carbonyl (C=O) groups is 1. The van der Waals surface area contributed by atoms with Gasteiger partial charge in [-0.25, -0.2) is 10.2 Å². The van der Waals surface area contributed by atoms with Crippen LogP contribution in [0.1, 0.15) is 5.56 Å². The van der Waals surface area contributed by atoms with Gasteiger partial charge in [0.15, 0.2) is 0 Å². The summed E-state index contributed by atoms with van der Waals surface area (Å²) in [5, 5.41) is 13.7. The highest BCUT2D eigenvalue weighted by Crippen LogP contribution is 2.24. The molecule has 3 rings (SSSR count). The lowest BCUT2D eigenvalue weighted by atomic mass is 10.2. The second kappa shape index (κ2) is 7.79. The molecule has 0 aliphatic heterocycles. The average Bonchev–Trinajstić information content (AvgIpc) is 2.65. The van der Waals surface area contributed by atoms with Gasteiger partial charge in [0.2, 0.25) is 0 Å². The molecule has 0 bridgehead atoms. The van der Waals surface area contributed by atoms with Gasteiger partial charge in [0.05, 0.1) is 17.6 Å². The van der Waals surface area contributed by atoms with Gasteiger partial charge in [-0.05, 0) is 36.4 Å². The molecule has 0 fully saturated rings. The smallest absolute Gasteiger partial charge is 0.346 e. The second-order valence-electron chi connectivity index (χ2n) is 5.24. The Morgan fingerprint density at radius 1 is 0.840 bits per heavy atom. The first kappa shape index (κ1) is 16.3. The topological polar surface area (TPSA) is 64.9 Å². The van der Waals surface area contributed by atoms with Crippen LogP contribution in [0.25, 0.3) is 0 Å². The largest absolute Gasteiger partial charge is 0.507 e. The molecule has 3 aromatic rings. The van der Waals surface area contributed by atoms with Gasteiger partial charge in [0.1, 0.15) is 5.75 Å². The Kier molecular flexibility index (Phi) is 5.07. The number of hydrazone groups is 1. The van der Waals surface area contributed by atoms with E-state index in [1.165, 1.54) is 11.1 Å². The maximum Gasteiger partial charge on any atom is 0.346 e. The third kappa shape index (κ3) is 4.03. The molecule has 0 saturated carbocycles. The second-order valence-corrected chi connectivity index (χ2v) is 5.24. The van der Waals surface area contributed by atoms with Gasteiger partial charge in [-0.3, -0.25) is 4.90 Å². The van der Waals surface area contributed by atoms with E-state index < -0.39 is 6.03 Å². The van der Waals surface area contributed by atoms with E-state index >= 15 is 0 Å². The van der Waals surface area contributed by atoms with Crippen LogP contribution >= 0.6 is 0 Å². The van der Waals surface area contributed by atoms with Crippen molar-refractivity contribution >= 4 is 23.6 Å². The number of hydrogen-bond donors (Lipinski definition) is 2. The van der Waals surface area contributed by atoms with E-state index in [-0.39, 0.29) is 5.75 Å². The fraction of sp³-hybridized carbons (Fsp3) is 0. The van der Waals surface area contributed by atoms with Crippen LogP contribution in [0.4, 0.5) is 16.2 Å². The maximum atomic E-state index is 12.7. The highest BCUT2D eigenvalue weighted by atomic mass is 16.3. The molecule has 124 valence electrons. The first-order valence-corrected chi connectivity index (χ1v) is 7.77. The Balaban J connectivity index is 1.82. The van der Waals surface area contributed by atoms with Gasteiger partial charge in [0.25, 0.3) is 0 Å². The molecule has 0 spiro atoms. The average molecular weight is 331 g/mol. The first-order chi connectivity index (χ1) is 12.3. The van der Waals surface area contributed by atoms with Crippen LogP contribution in [0, 0.1) is 0 Å². The number of para-hydroxylation sites is 3. The lowest BCUT2D eigenvalue weighted by Crippen LogP contribution is -2.34. The van der Waals surface area contributed by atoms with Crippen molar-refractivity contribution in [1.82, 2.24) is 5.43 Å². The SMILES string of the molecule is O=C(N/N=C/c1ccccc1O)N(c1ccccc1)c1ccccc1. The van der Waals surface area contributed by atoms with Gasteiger partial charge in [0, 0.05) is 5.56 Å². The number of anilines is 2. The molecule has 25 heavy (non-hydrogen) atoms. The monoisotopic (exact) mass is 331 g/mol. The van der Waals surface area contributed by atoms with Crippen molar-refractivity contribution in [1.29, 1.82) is 0 Å². The number of hydrogen-bond acceptors (Lipinski definition) is 3. The van der Waals surface area contributed by atoms with Crippen molar-refractivity contribution in [3.63, 3.8) is 0 Å². The molecule has 0 heterocycles. The van der Waals surface area contributed by atoms with E-state index in [9.17, 15) is 9.90 Å². The molecule has 0 saturated heterocycles. The van der Waals surface area contributed by atoms with Gasteiger partial charge >= 0.3 is 6.03 Å². The Labute approximate surface area is 145 Å². The number of phenols is 1. The molecule has 0 aliphatic carbocycles. The number of amides is 2. The van der Waals surface area contributed by atoms with E-state index in [2.05, 4.69) is 10.5 Å². The Hall–Kier alpha value is -3.60. The van der Waals surface area contributed by atoms with E-state index in [0.717, 1.165) is 11.4 Å². The molecule has 0 atom stereocenters. The van der Waals surface area contributed by atoms with Crippen LogP contribution in [-0.2, 0) is 0 Å². The predicted octanol–water partition coefficient (Wildman–Crippen LogP) is 4.27. The number of aromatic hydroxyl groups is 1. The highest BCUT2D eigenvalue weighted by Gasteiger charge is 2.16. The molecule has 0 radical (unpaired) electrons. The Morgan fingerprint density at radius 3 is 1.92 bits per heavy atom. The zero-order valence-electron chi connectivity index (χ0n) is 13.4. The van der Waals surface area contributed by atoms with Crippen LogP contribution in [0.15, 0.2) is 90.0 Å². The normalized spacial score (nSPS) is 10.6. The van der Waals surface area contributed by atoms with Crippen molar-refractivity contribution in [2.45, 2.75) is 0 Å². The molecule has 0 unspecified atom stereocenters.